The van der Waals surface area contributed by atoms with E-state index < -0.39 is 0 Å². The van der Waals surface area contributed by atoms with Gasteiger partial charge in [0, 0.05) is 10.6 Å². The number of methoxy groups -OCH3 is 2. The summed E-state index contributed by atoms with van der Waals surface area (Å²) in [5, 5.41) is 0. The maximum absolute atomic E-state index is 5.31. The Morgan fingerprint density at radius 2 is 1.63 bits per heavy atom. The summed E-state index contributed by atoms with van der Waals surface area (Å²) in [6.45, 7) is 0. The smallest absolute Gasteiger partial charge is 0.160 e. The second-order valence-corrected chi connectivity index (χ2v) is 5.27. The van der Waals surface area contributed by atoms with Crippen molar-refractivity contribution in [3.05, 3.63) is 54.1 Å². The summed E-state index contributed by atoms with van der Waals surface area (Å²) in [4.78, 5) is 1.31. The lowest BCUT2D eigenvalue weighted by Crippen LogP contribution is -1.94. The molecule has 0 saturated carbocycles. The van der Waals surface area contributed by atoms with Gasteiger partial charge in [0.2, 0.25) is 0 Å². The van der Waals surface area contributed by atoms with Crippen LogP contribution in [0.5, 0.6) is 11.5 Å². The molecule has 0 unspecified atom stereocenters. The fourth-order valence-electron chi connectivity index (χ4n) is 1.84. The van der Waals surface area contributed by atoms with Crippen molar-refractivity contribution in [1.82, 2.24) is 0 Å². The molecule has 0 bridgehead atoms. The van der Waals surface area contributed by atoms with Crippen molar-refractivity contribution < 1.29 is 9.47 Å². The van der Waals surface area contributed by atoms with Gasteiger partial charge in [-0.05, 0) is 36.2 Å². The molecule has 0 fully saturated rings. The summed E-state index contributed by atoms with van der Waals surface area (Å²) >= 11 is 1.87. The van der Waals surface area contributed by atoms with Gasteiger partial charge >= 0.3 is 0 Å². The van der Waals surface area contributed by atoms with Crippen molar-refractivity contribution in [2.75, 3.05) is 20.0 Å². The lowest BCUT2D eigenvalue weighted by Gasteiger charge is -2.09. The van der Waals surface area contributed by atoms with Gasteiger partial charge in [-0.1, -0.05) is 24.3 Å². The van der Waals surface area contributed by atoms with Crippen molar-refractivity contribution in [3.8, 4) is 11.5 Å². The molecule has 2 rings (SSSR count). The Hall–Kier alpha value is -1.61. The van der Waals surface area contributed by atoms with Crippen molar-refractivity contribution in [2.45, 2.75) is 11.3 Å². The van der Waals surface area contributed by atoms with Crippen LogP contribution in [0, 0.1) is 0 Å². The lowest BCUT2D eigenvalue weighted by atomic mass is 10.1. The fourth-order valence-corrected chi connectivity index (χ4v) is 2.76. The van der Waals surface area contributed by atoms with Gasteiger partial charge in [-0.3, -0.25) is 0 Å². The number of benzene rings is 2. The van der Waals surface area contributed by atoms with Crippen LogP contribution < -0.4 is 9.47 Å². The minimum atomic E-state index is 0.780. The average molecular weight is 274 g/mol. The molecule has 0 N–H and O–H groups in total. The van der Waals surface area contributed by atoms with Crippen LogP contribution in [0.25, 0.3) is 0 Å². The summed E-state index contributed by atoms with van der Waals surface area (Å²) < 4.78 is 10.5. The highest BCUT2D eigenvalue weighted by Gasteiger charge is 2.04. The Morgan fingerprint density at radius 3 is 2.32 bits per heavy atom. The molecule has 0 spiro atoms. The molecule has 3 heteroatoms. The summed E-state index contributed by atoms with van der Waals surface area (Å²) in [6.07, 6.45) is 1.01. The van der Waals surface area contributed by atoms with E-state index in [1.54, 1.807) is 14.2 Å². The third-order valence-electron chi connectivity index (χ3n) is 2.85. The molecule has 0 radical (unpaired) electrons. The highest BCUT2D eigenvalue weighted by molar-refractivity contribution is 7.99. The zero-order chi connectivity index (χ0) is 13.5. The van der Waals surface area contributed by atoms with E-state index in [1.807, 2.05) is 30.0 Å². The standard InChI is InChI=1S/C16H18O2S/c1-17-15-9-8-13(12-16(15)18-2)10-11-19-14-6-4-3-5-7-14/h3-9,12H,10-11H2,1-2H3. The molecule has 2 aromatic carbocycles. The second-order valence-electron chi connectivity index (χ2n) is 4.10. The van der Waals surface area contributed by atoms with Crippen LogP contribution in [0.3, 0.4) is 0 Å². The Labute approximate surface area is 118 Å². The van der Waals surface area contributed by atoms with E-state index in [2.05, 4.69) is 30.3 Å². The van der Waals surface area contributed by atoms with Gasteiger partial charge < -0.3 is 9.47 Å². The van der Waals surface area contributed by atoms with E-state index in [-0.39, 0.29) is 0 Å². The summed E-state index contributed by atoms with van der Waals surface area (Å²) in [5.41, 5.74) is 1.26. The zero-order valence-corrected chi connectivity index (χ0v) is 12.1. The maximum Gasteiger partial charge on any atom is 0.160 e. The number of hydrogen-bond acceptors (Lipinski definition) is 3. The fraction of sp³-hybridized carbons (Fsp3) is 0.250. The van der Waals surface area contributed by atoms with Gasteiger partial charge in [0.05, 0.1) is 14.2 Å². The first-order chi connectivity index (χ1) is 9.33. The largest absolute Gasteiger partial charge is 0.493 e. The minimum Gasteiger partial charge on any atom is -0.493 e. The van der Waals surface area contributed by atoms with Crippen molar-refractivity contribution in [3.63, 3.8) is 0 Å². The number of rotatable bonds is 6. The maximum atomic E-state index is 5.31. The van der Waals surface area contributed by atoms with Crippen molar-refractivity contribution in [2.24, 2.45) is 0 Å². The third kappa shape index (κ3) is 3.93. The molecule has 0 aromatic heterocycles. The molecular formula is C16H18O2S. The predicted molar refractivity (Wildman–Crippen MR) is 80.4 cm³/mol. The first kappa shape index (κ1) is 13.8. The molecule has 0 aliphatic rings. The Kier molecular flexibility index (Phi) is 5.16. The van der Waals surface area contributed by atoms with Gasteiger partial charge in [0.15, 0.2) is 11.5 Å². The number of hydrogen-bond donors (Lipinski definition) is 0. The van der Waals surface area contributed by atoms with Gasteiger partial charge in [-0.2, -0.15) is 0 Å². The van der Waals surface area contributed by atoms with Crippen LogP contribution >= 0.6 is 11.8 Å². The van der Waals surface area contributed by atoms with E-state index in [1.165, 1.54) is 10.5 Å². The monoisotopic (exact) mass is 274 g/mol. The topological polar surface area (TPSA) is 18.5 Å². The third-order valence-corrected chi connectivity index (χ3v) is 3.86. The molecule has 0 heterocycles. The highest BCUT2D eigenvalue weighted by Crippen LogP contribution is 2.28. The van der Waals surface area contributed by atoms with Crippen LogP contribution in [0.15, 0.2) is 53.4 Å². The molecule has 0 amide bonds. The van der Waals surface area contributed by atoms with Crippen LogP contribution in [-0.2, 0) is 6.42 Å². The number of ether oxygens (including phenoxy) is 2. The number of thioether (sulfide) groups is 1. The molecule has 0 atom stereocenters. The molecular weight excluding hydrogens is 256 g/mol. The average Bonchev–Trinajstić information content (AvgIpc) is 2.48. The Morgan fingerprint density at radius 1 is 0.895 bits per heavy atom. The molecule has 100 valence electrons. The second kappa shape index (κ2) is 7.10. The SMILES string of the molecule is COc1ccc(CCSc2ccccc2)cc1OC. The Balaban J connectivity index is 1.93. The van der Waals surface area contributed by atoms with Crippen molar-refractivity contribution in [1.29, 1.82) is 0 Å². The van der Waals surface area contributed by atoms with E-state index in [0.29, 0.717) is 0 Å². The van der Waals surface area contributed by atoms with E-state index in [4.69, 9.17) is 9.47 Å². The lowest BCUT2D eigenvalue weighted by molar-refractivity contribution is 0.354. The minimum absolute atomic E-state index is 0.780. The molecule has 2 nitrogen and oxygen atoms in total. The van der Waals surface area contributed by atoms with E-state index in [0.717, 1.165) is 23.7 Å². The van der Waals surface area contributed by atoms with E-state index >= 15 is 0 Å². The summed E-state index contributed by atoms with van der Waals surface area (Å²) in [7, 11) is 3.32. The van der Waals surface area contributed by atoms with Crippen LogP contribution in [0.4, 0.5) is 0 Å². The normalized spacial score (nSPS) is 10.2. The quantitative estimate of drug-likeness (QED) is 0.741. The summed E-state index contributed by atoms with van der Waals surface area (Å²) in [5.74, 6) is 2.63. The summed E-state index contributed by atoms with van der Waals surface area (Å²) in [6, 6.07) is 16.5. The first-order valence-corrected chi connectivity index (χ1v) is 7.21. The molecule has 0 saturated heterocycles. The van der Waals surface area contributed by atoms with Gasteiger partial charge in [0.25, 0.3) is 0 Å². The van der Waals surface area contributed by atoms with Gasteiger partial charge in [0.1, 0.15) is 0 Å². The first-order valence-electron chi connectivity index (χ1n) is 6.22. The molecule has 2 aromatic rings. The Bertz CT molecular complexity index is 511. The predicted octanol–water partition coefficient (Wildman–Crippen LogP) is 4.04. The molecule has 19 heavy (non-hydrogen) atoms. The number of aryl methyl sites for hydroxylation is 1. The highest BCUT2D eigenvalue weighted by atomic mass is 32.2. The van der Waals surface area contributed by atoms with Crippen molar-refractivity contribution >= 4 is 11.8 Å². The van der Waals surface area contributed by atoms with Crippen LogP contribution in [-0.4, -0.2) is 20.0 Å². The van der Waals surface area contributed by atoms with Gasteiger partial charge in [-0.25, -0.2) is 0 Å². The molecule has 0 aliphatic heterocycles. The van der Waals surface area contributed by atoms with E-state index in [9.17, 15) is 0 Å². The van der Waals surface area contributed by atoms with Gasteiger partial charge in [-0.15, -0.1) is 11.8 Å². The van der Waals surface area contributed by atoms with Crippen LogP contribution in [0.1, 0.15) is 5.56 Å². The van der Waals surface area contributed by atoms with Crippen LogP contribution in [0.2, 0.25) is 0 Å². The zero-order valence-electron chi connectivity index (χ0n) is 11.3. The molecule has 0 aliphatic carbocycles.